The normalized spacial score (nSPS) is 18.0. The molecule has 0 aliphatic carbocycles. The largest absolute Gasteiger partial charge is 0.508 e. The van der Waals surface area contributed by atoms with Crippen LogP contribution in [-0.2, 0) is 21.2 Å². The number of benzene rings is 1. The predicted molar refractivity (Wildman–Crippen MR) is 107 cm³/mol. The quantitative estimate of drug-likeness (QED) is 0.815. The van der Waals surface area contributed by atoms with Crippen molar-refractivity contribution in [3.05, 3.63) is 29.8 Å². The third-order valence-electron chi connectivity index (χ3n) is 3.80. The number of hydrogen-bond donors (Lipinski definition) is 2. The highest BCUT2D eigenvalue weighted by Gasteiger charge is 2.36. The van der Waals surface area contributed by atoms with Crippen molar-refractivity contribution in [2.75, 3.05) is 12.8 Å². The zero-order valence-electron chi connectivity index (χ0n) is 16.8. The lowest BCUT2D eigenvalue weighted by atomic mass is 10.1. The highest BCUT2D eigenvalue weighted by Crippen LogP contribution is 2.20. The molecule has 2 atom stereocenters. The Hall–Kier alpha value is -1.60. The number of sulfonamides is 1. The zero-order valence-corrected chi connectivity index (χ0v) is 17.6. The first-order chi connectivity index (χ1) is 12.3. The second-order valence-electron chi connectivity index (χ2n) is 5.81. The molecule has 0 radical (unpaired) electrons. The Morgan fingerprint density at radius 2 is 1.77 bits per heavy atom. The fourth-order valence-corrected chi connectivity index (χ4v) is 3.90. The molecule has 0 aromatic heterocycles. The molecule has 0 bridgehead atoms. The van der Waals surface area contributed by atoms with Crippen LogP contribution in [0.1, 0.15) is 53.0 Å². The predicted octanol–water partition coefficient (Wildman–Crippen LogP) is 2.92. The molecule has 1 heterocycles. The third kappa shape index (κ3) is 7.74. The van der Waals surface area contributed by atoms with Crippen LogP contribution in [0.2, 0.25) is 0 Å². The maximum Gasteiger partial charge on any atom is 0.238 e. The smallest absolute Gasteiger partial charge is 0.238 e. The minimum atomic E-state index is -3.35. The van der Waals surface area contributed by atoms with Crippen LogP contribution in [0.15, 0.2) is 24.3 Å². The second-order valence-corrected chi connectivity index (χ2v) is 7.75. The molecular formula is C19H34N2O4S. The molecule has 0 saturated carbocycles. The summed E-state index contributed by atoms with van der Waals surface area (Å²) in [6.07, 6.45) is 3.03. The number of nitrogens with one attached hydrogen (secondary N) is 1. The SMILES string of the molecule is CC.CC.CC(Cc1ccc(O)cc1)NC(=O)C1CCCN1S(C)(=O)=O. The number of carbonyl (C=O) groups excluding carboxylic acids is 1. The summed E-state index contributed by atoms with van der Waals surface area (Å²) in [7, 11) is -3.35. The highest BCUT2D eigenvalue weighted by atomic mass is 32.2. The Morgan fingerprint density at radius 3 is 2.27 bits per heavy atom. The average molecular weight is 387 g/mol. The molecule has 2 unspecified atom stereocenters. The minimum absolute atomic E-state index is 0.112. The Labute approximate surface area is 158 Å². The lowest BCUT2D eigenvalue weighted by Crippen LogP contribution is -2.48. The number of rotatable bonds is 5. The van der Waals surface area contributed by atoms with Gasteiger partial charge in [0.25, 0.3) is 0 Å². The van der Waals surface area contributed by atoms with E-state index in [2.05, 4.69) is 5.32 Å². The van der Waals surface area contributed by atoms with E-state index in [-0.39, 0.29) is 17.7 Å². The summed E-state index contributed by atoms with van der Waals surface area (Å²) in [5.41, 5.74) is 0.997. The van der Waals surface area contributed by atoms with Crippen molar-refractivity contribution in [2.45, 2.75) is 66.0 Å². The minimum Gasteiger partial charge on any atom is -0.508 e. The van der Waals surface area contributed by atoms with E-state index in [0.717, 1.165) is 11.8 Å². The first-order valence-electron chi connectivity index (χ1n) is 9.32. The summed E-state index contributed by atoms with van der Waals surface area (Å²) in [4.78, 5) is 12.3. The van der Waals surface area contributed by atoms with Crippen molar-refractivity contribution in [1.29, 1.82) is 0 Å². The van der Waals surface area contributed by atoms with Crippen molar-refractivity contribution in [1.82, 2.24) is 9.62 Å². The third-order valence-corrected chi connectivity index (χ3v) is 5.09. The Bertz CT molecular complexity index is 629. The van der Waals surface area contributed by atoms with Crippen molar-refractivity contribution >= 4 is 15.9 Å². The highest BCUT2D eigenvalue weighted by molar-refractivity contribution is 7.88. The van der Waals surface area contributed by atoms with Crippen molar-refractivity contribution in [2.24, 2.45) is 0 Å². The van der Waals surface area contributed by atoms with Crippen molar-refractivity contribution < 1.29 is 18.3 Å². The summed E-state index contributed by atoms with van der Waals surface area (Å²) in [6, 6.07) is 6.10. The summed E-state index contributed by atoms with van der Waals surface area (Å²) < 4.78 is 24.6. The molecule has 6 nitrogen and oxygen atoms in total. The molecule has 150 valence electrons. The summed E-state index contributed by atoms with van der Waals surface area (Å²) in [6.45, 7) is 10.3. The van der Waals surface area contributed by atoms with Crippen LogP contribution < -0.4 is 5.32 Å². The number of amides is 1. The molecule has 1 aromatic carbocycles. The van der Waals surface area contributed by atoms with Crippen LogP contribution in [0.25, 0.3) is 0 Å². The van der Waals surface area contributed by atoms with E-state index in [1.54, 1.807) is 24.3 Å². The standard InChI is InChI=1S/C15H22N2O4S.2C2H6/c1-11(10-12-5-7-13(18)8-6-12)16-15(19)14-4-3-9-17(14)22(2,20)21;2*1-2/h5-8,11,14,18H,3-4,9-10H2,1-2H3,(H,16,19);2*1-2H3. The first kappa shape index (κ1) is 24.4. The number of phenolic OH excluding ortho intramolecular Hbond substituents is 1. The Kier molecular flexibility index (Phi) is 11.2. The first-order valence-corrected chi connectivity index (χ1v) is 11.2. The number of carbonyl (C=O) groups is 1. The molecule has 7 heteroatoms. The van der Waals surface area contributed by atoms with Gasteiger partial charge in [-0.25, -0.2) is 8.42 Å². The van der Waals surface area contributed by atoms with Crippen LogP contribution in [0, 0.1) is 0 Å². The molecule has 26 heavy (non-hydrogen) atoms. The fourth-order valence-electron chi connectivity index (χ4n) is 2.77. The van der Waals surface area contributed by atoms with Gasteiger partial charge in [0.2, 0.25) is 15.9 Å². The van der Waals surface area contributed by atoms with E-state index in [1.165, 1.54) is 4.31 Å². The maximum atomic E-state index is 12.3. The molecule has 1 aliphatic rings. The van der Waals surface area contributed by atoms with E-state index < -0.39 is 16.1 Å². The molecule has 1 fully saturated rings. The van der Waals surface area contributed by atoms with Crippen LogP contribution in [0.4, 0.5) is 0 Å². The summed E-state index contributed by atoms with van der Waals surface area (Å²) >= 11 is 0. The lowest BCUT2D eigenvalue weighted by Gasteiger charge is -2.23. The number of phenols is 1. The van der Waals surface area contributed by atoms with Crippen LogP contribution in [0.5, 0.6) is 5.75 Å². The van der Waals surface area contributed by atoms with Gasteiger partial charge in [-0.3, -0.25) is 4.79 Å². The van der Waals surface area contributed by atoms with Gasteiger partial charge in [0.15, 0.2) is 0 Å². The maximum absolute atomic E-state index is 12.3. The molecule has 2 N–H and O–H groups in total. The van der Waals surface area contributed by atoms with E-state index in [9.17, 15) is 18.3 Å². The van der Waals surface area contributed by atoms with Gasteiger partial charge < -0.3 is 10.4 Å². The average Bonchev–Trinajstić information content (AvgIpc) is 3.11. The number of aromatic hydroxyl groups is 1. The van der Waals surface area contributed by atoms with Gasteiger partial charge in [0.05, 0.1) is 6.26 Å². The van der Waals surface area contributed by atoms with Gasteiger partial charge in [0.1, 0.15) is 11.8 Å². The van der Waals surface area contributed by atoms with Crippen LogP contribution >= 0.6 is 0 Å². The summed E-state index contributed by atoms with van der Waals surface area (Å²) in [5, 5.41) is 12.1. The number of nitrogens with zero attached hydrogens (tertiary/aromatic N) is 1. The van der Waals surface area contributed by atoms with Gasteiger partial charge in [0, 0.05) is 12.6 Å². The molecule has 1 saturated heterocycles. The molecule has 0 spiro atoms. The Balaban J connectivity index is 0.00000146. The monoisotopic (exact) mass is 386 g/mol. The van der Waals surface area contributed by atoms with Gasteiger partial charge in [-0.2, -0.15) is 4.31 Å². The topological polar surface area (TPSA) is 86.7 Å². The van der Waals surface area contributed by atoms with Crippen molar-refractivity contribution in [3.8, 4) is 5.75 Å². The fraction of sp³-hybridized carbons (Fsp3) is 0.632. The zero-order chi connectivity index (χ0) is 20.3. The van der Waals surface area contributed by atoms with Gasteiger partial charge >= 0.3 is 0 Å². The molecule has 1 amide bonds. The van der Waals surface area contributed by atoms with E-state index in [4.69, 9.17) is 0 Å². The van der Waals surface area contributed by atoms with Crippen LogP contribution in [-0.4, -0.2) is 48.6 Å². The van der Waals surface area contributed by atoms with Gasteiger partial charge in [-0.1, -0.05) is 39.8 Å². The van der Waals surface area contributed by atoms with E-state index >= 15 is 0 Å². The molecule has 2 rings (SSSR count). The lowest BCUT2D eigenvalue weighted by molar-refractivity contribution is -0.124. The molecule has 1 aromatic rings. The number of hydrogen-bond acceptors (Lipinski definition) is 4. The molecular weight excluding hydrogens is 352 g/mol. The Morgan fingerprint density at radius 1 is 1.23 bits per heavy atom. The van der Waals surface area contributed by atoms with Crippen molar-refractivity contribution in [3.63, 3.8) is 0 Å². The van der Waals surface area contributed by atoms with Gasteiger partial charge in [-0.05, 0) is 43.9 Å². The van der Waals surface area contributed by atoms with Gasteiger partial charge in [-0.15, -0.1) is 0 Å². The van der Waals surface area contributed by atoms with E-state index in [1.807, 2.05) is 34.6 Å². The summed E-state index contributed by atoms with van der Waals surface area (Å²) in [5.74, 6) is -0.0376. The van der Waals surface area contributed by atoms with E-state index in [0.29, 0.717) is 25.8 Å². The van der Waals surface area contributed by atoms with Crippen LogP contribution in [0.3, 0.4) is 0 Å². The molecule has 1 aliphatic heterocycles. The second kappa shape index (κ2) is 11.9.